The van der Waals surface area contributed by atoms with Crippen molar-refractivity contribution < 1.29 is 14.5 Å². The highest BCUT2D eigenvalue weighted by atomic mass is 79.9. The molecule has 1 aromatic rings. The summed E-state index contributed by atoms with van der Waals surface area (Å²) in [5.74, 6) is 0. The Labute approximate surface area is 137 Å². The standard InChI is InChI=1S/C9H10BrN3O2.C5H10O2/c10-6-1-2-8(9(3-6)13(14)15)12-7-4-11-5-7;1-5(2,3)7-4-6/h1-3,7,11-12H,4-5H2;4H,1-3H3. The summed E-state index contributed by atoms with van der Waals surface area (Å²) in [6.45, 7) is 7.63. The maximum absolute atomic E-state index is 10.8. The van der Waals surface area contributed by atoms with Gasteiger partial charge in [-0.3, -0.25) is 14.9 Å². The second-order valence-corrected chi connectivity index (χ2v) is 6.66. The predicted molar refractivity (Wildman–Crippen MR) is 88.0 cm³/mol. The van der Waals surface area contributed by atoms with Crippen molar-refractivity contribution >= 4 is 33.8 Å². The summed E-state index contributed by atoms with van der Waals surface area (Å²) in [4.78, 5) is 20.0. The number of nitro groups is 1. The van der Waals surface area contributed by atoms with Gasteiger partial charge < -0.3 is 15.4 Å². The number of hydrogen-bond donors (Lipinski definition) is 2. The minimum Gasteiger partial charge on any atom is -0.462 e. The van der Waals surface area contributed by atoms with E-state index >= 15 is 0 Å². The third-order valence-corrected chi connectivity index (χ3v) is 3.19. The molecule has 0 spiro atoms. The van der Waals surface area contributed by atoms with Crippen LogP contribution >= 0.6 is 15.9 Å². The van der Waals surface area contributed by atoms with E-state index in [0.29, 0.717) is 22.7 Å². The molecule has 0 atom stereocenters. The minimum absolute atomic E-state index is 0.108. The molecule has 0 amide bonds. The molecule has 22 heavy (non-hydrogen) atoms. The largest absolute Gasteiger partial charge is 0.462 e. The molecule has 1 aliphatic rings. The van der Waals surface area contributed by atoms with Gasteiger partial charge in [0, 0.05) is 23.6 Å². The minimum atomic E-state index is -0.376. The topological polar surface area (TPSA) is 93.5 Å². The van der Waals surface area contributed by atoms with E-state index in [1.807, 2.05) is 20.8 Å². The fourth-order valence-electron chi connectivity index (χ4n) is 1.53. The van der Waals surface area contributed by atoms with Crippen molar-refractivity contribution in [3.05, 3.63) is 32.8 Å². The monoisotopic (exact) mass is 373 g/mol. The number of nitro benzene ring substituents is 1. The van der Waals surface area contributed by atoms with Crippen LogP contribution in [0.4, 0.5) is 11.4 Å². The molecule has 7 nitrogen and oxygen atoms in total. The van der Waals surface area contributed by atoms with E-state index < -0.39 is 0 Å². The molecule has 1 aromatic carbocycles. The second-order valence-electron chi connectivity index (χ2n) is 5.74. The van der Waals surface area contributed by atoms with Crippen molar-refractivity contribution in [3.63, 3.8) is 0 Å². The first-order valence-corrected chi connectivity index (χ1v) is 7.55. The number of carbonyl (C=O) groups excluding carboxylic acids is 1. The zero-order valence-electron chi connectivity index (χ0n) is 12.8. The number of nitrogens with one attached hydrogen (secondary N) is 2. The molecule has 1 saturated heterocycles. The van der Waals surface area contributed by atoms with Crippen LogP contribution in [-0.4, -0.2) is 36.1 Å². The van der Waals surface area contributed by atoms with Gasteiger partial charge in [0.15, 0.2) is 0 Å². The van der Waals surface area contributed by atoms with Crippen molar-refractivity contribution in [2.45, 2.75) is 32.4 Å². The van der Waals surface area contributed by atoms with Crippen molar-refractivity contribution in [2.75, 3.05) is 18.4 Å². The van der Waals surface area contributed by atoms with Crippen molar-refractivity contribution in [1.29, 1.82) is 0 Å². The van der Waals surface area contributed by atoms with Gasteiger partial charge in [-0.05, 0) is 32.9 Å². The summed E-state index contributed by atoms with van der Waals surface area (Å²) >= 11 is 3.22. The Bertz CT molecular complexity index is 527. The first-order valence-electron chi connectivity index (χ1n) is 6.75. The highest BCUT2D eigenvalue weighted by Crippen LogP contribution is 2.28. The van der Waals surface area contributed by atoms with Gasteiger partial charge in [-0.2, -0.15) is 0 Å². The van der Waals surface area contributed by atoms with Gasteiger partial charge in [-0.25, -0.2) is 0 Å². The van der Waals surface area contributed by atoms with Gasteiger partial charge in [0.25, 0.3) is 12.2 Å². The quantitative estimate of drug-likeness (QED) is 0.478. The molecule has 122 valence electrons. The first-order chi connectivity index (χ1) is 10.2. The van der Waals surface area contributed by atoms with E-state index in [0.717, 1.165) is 13.1 Å². The fourth-order valence-corrected chi connectivity index (χ4v) is 1.88. The molecule has 0 aromatic heterocycles. The van der Waals surface area contributed by atoms with Gasteiger partial charge >= 0.3 is 0 Å². The molecular weight excluding hydrogens is 354 g/mol. The molecular formula is C14H20BrN3O4. The number of halogens is 1. The Morgan fingerprint density at radius 2 is 2.09 bits per heavy atom. The predicted octanol–water partition coefficient (Wildman–Crippen LogP) is 2.70. The van der Waals surface area contributed by atoms with Gasteiger partial charge in [-0.1, -0.05) is 15.9 Å². The molecule has 1 heterocycles. The molecule has 2 N–H and O–H groups in total. The van der Waals surface area contributed by atoms with Crippen LogP contribution in [-0.2, 0) is 9.53 Å². The van der Waals surface area contributed by atoms with Crippen molar-refractivity contribution in [2.24, 2.45) is 0 Å². The number of anilines is 1. The summed E-state index contributed by atoms with van der Waals surface area (Å²) in [5.41, 5.74) is 0.368. The Kier molecular flexibility index (Phi) is 6.76. The number of nitrogens with zero attached hydrogens (tertiary/aromatic N) is 1. The summed E-state index contributed by atoms with van der Waals surface area (Å²) in [6, 6.07) is 5.32. The summed E-state index contributed by atoms with van der Waals surface area (Å²) < 4.78 is 5.26. The number of ether oxygens (including phenoxy) is 1. The fraction of sp³-hybridized carbons (Fsp3) is 0.500. The van der Waals surface area contributed by atoms with Crippen molar-refractivity contribution in [1.82, 2.24) is 5.32 Å². The first kappa shape index (κ1) is 18.4. The van der Waals surface area contributed by atoms with E-state index in [-0.39, 0.29) is 16.2 Å². The highest BCUT2D eigenvalue weighted by molar-refractivity contribution is 9.10. The Morgan fingerprint density at radius 1 is 1.45 bits per heavy atom. The average Bonchev–Trinajstić information content (AvgIpc) is 2.34. The molecule has 0 unspecified atom stereocenters. The maximum Gasteiger partial charge on any atom is 0.293 e. The number of rotatable bonds is 4. The molecule has 1 fully saturated rings. The van der Waals surface area contributed by atoms with Crippen LogP contribution < -0.4 is 10.6 Å². The van der Waals surface area contributed by atoms with E-state index in [2.05, 4.69) is 31.3 Å². The average molecular weight is 374 g/mol. The van der Waals surface area contributed by atoms with Crippen molar-refractivity contribution in [3.8, 4) is 0 Å². The van der Waals surface area contributed by atoms with Crippen LogP contribution in [0.1, 0.15) is 20.8 Å². The lowest BCUT2D eigenvalue weighted by atomic mass is 10.1. The molecule has 0 bridgehead atoms. The van der Waals surface area contributed by atoms with Gasteiger partial charge in [0.2, 0.25) is 0 Å². The zero-order valence-corrected chi connectivity index (χ0v) is 14.3. The Morgan fingerprint density at radius 3 is 2.45 bits per heavy atom. The third kappa shape index (κ3) is 6.40. The summed E-state index contributed by atoms with van der Waals surface area (Å²) in [7, 11) is 0. The molecule has 0 aliphatic carbocycles. The lowest BCUT2D eigenvalue weighted by Gasteiger charge is -2.28. The van der Waals surface area contributed by atoms with Gasteiger partial charge in [-0.15, -0.1) is 0 Å². The van der Waals surface area contributed by atoms with Crippen LogP contribution in [0.5, 0.6) is 0 Å². The van der Waals surface area contributed by atoms with Crippen LogP contribution in [0.25, 0.3) is 0 Å². The molecule has 8 heteroatoms. The highest BCUT2D eigenvalue weighted by Gasteiger charge is 2.21. The smallest absolute Gasteiger partial charge is 0.293 e. The zero-order chi connectivity index (χ0) is 16.8. The van der Waals surface area contributed by atoms with Gasteiger partial charge in [0.05, 0.1) is 11.0 Å². The van der Waals surface area contributed by atoms with E-state index in [1.54, 1.807) is 12.1 Å². The molecule has 2 rings (SSSR count). The van der Waals surface area contributed by atoms with Crippen LogP contribution in [0.15, 0.2) is 22.7 Å². The number of benzene rings is 1. The lowest BCUT2D eigenvalue weighted by Crippen LogP contribution is -2.51. The molecule has 0 saturated carbocycles. The summed E-state index contributed by atoms with van der Waals surface area (Å²) in [6.07, 6.45) is 0. The second kappa shape index (κ2) is 8.09. The Hall–Kier alpha value is -1.67. The van der Waals surface area contributed by atoms with Crippen LogP contribution in [0, 0.1) is 10.1 Å². The third-order valence-electron chi connectivity index (χ3n) is 2.70. The molecule has 1 aliphatic heterocycles. The SMILES string of the molecule is CC(C)(C)OC=O.O=[N+]([O-])c1cc(Br)ccc1NC1CNC1. The molecule has 0 radical (unpaired) electrons. The number of carbonyl (C=O) groups is 1. The van der Waals surface area contributed by atoms with E-state index in [9.17, 15) is 14.9 Å². The lowest BCUT2D eigenvalue weighted by molar-refractivity contribution is -0.384. The summed E-state index contributed by atoms with van der Waals surface area (Å²) in [5, 5.41) is 17.0. The normalized spacial score (nSPS) is 14.2. The van der Waals surface area contributed by atoms with Crippen LogP contribution in [0.3, 0.4) is 0 Å². The van der Waals surface area contributed by atoms with E-state index in [4.69, 9.17) is 0 Å². The van der Waals surface area contributed by atoms with Crippen LogP contribution in [0.2, 0.25) is 0 Å². The Balaban J connectivity index is 0.000000295. The maximum atomic E-state index is 10.8. The van der Waals surface area contributed by atoms with E-state index in [1.165, 1.54) is 6.07 Å². The van der Waals surface area contributed by atoms with Gasteiger partial charge in [0.1, 0.15) is 11.3 Å². The number of hydrogen-bond acceptors (Lipinski definition) is 6.